The average molecular weight is 351 g/mol. The van der Waals surface area contributed by atoms with Crippen molar-refractivity contribution in [3.8, 4) is 0 Å². The van der Waals surface area contributed by atoms with Crippen molar-refractivity contribution < 1.29 is 13.2 Å². The van der Waals surface area contributed by atoms with E-state index in [0.717, 1.165) is 37.8 Å². The van der Waals surface area contributed by atoms with Gasteiger partial charge in [-0.05, 0) is 81.0 Å². The Balaban J connectivity index is 1.40. The second kappa shape index (κ2) is 6.94. The molecule has 2 saturated carbocycles. The number of fused-ring (bicyclic) bond motifs is 2. The lowest BCUT2D eigenvalue weighted by atomic mass is 9.85. The third-order valence-corrected chi connectivity index (χ3v) is 6.92. The van der Waals surface area contributed by atoms with Gasteiger partial charge < -0.3 is 4.90 Å². The highest BCUT2D eigenvalue weighted by Crippen LogP contribution is 2.43. The molecule has 0 aromatic heterocycles. The smallest absolute Gasteiger partial charge is 0.300 e. The molecule has 3 atom stereocenters. The molecule has 2 aliphatic carbocycles. The predicted octanol–water partition coefficient (Wildman–Crippen LogP) is 5.85. The number of alkyl halides is 3. The molecule has 1 saturated heterocycles. The standard InChI is InChI=1S/C21H28F3N/c22-21(23,24)20-4-2-1-3-19(20)17-9-11-25(12-10-17)18-8-7-15-5-6-16(13-15)14-18/h1-4,15-18H,5-14H2. The van der Waals surface area contributed by atoms with Crippen molar-refractivity contribution in [3.05, 3.63) is 35.4 Å². The maximum atomic E-state index is 13.3. The van der Waals surface area contributed by atoms with E-state index in [2.05, 4.69) is 4.90 Å². The van der Waals surface area contributed by atoms with E-state index in [1.807, 2.05) is 0 Å². The van der Waals surface area contributed by atoms with E-state index in [4.69, 9.17) is 0 Å². The molecule has 0 radical (unpaired) electrons. The van der Waals surface area contributed by atoms with E-state index in [1.54, 1.807) is 12.1 Å². The van der Waals surface area contributed by atoms with Gasteiger partial charge >= 0.3 is 6.18 Å². The van der Waals surface area contributed by atoms with Gasteiger partial charge in [-0.15, -0.1) is 0 Å². The minimum Gasteiger partial charge on any atom is -0.300 e. The zero-order chi connectivity index (χ0) is 17.4. The Morgan fingerprint density at radius 2 is 1.48 bits per heavy atom. The maximum Gasteiger partial charge on any atom is 0.416 e. The quantitative estimate of drug-likeness (QED) is 0.646. The second-order valence-electron chi connectivity index (χ2n) is 8.41. The Labute approximate surface area is 148 Å². The summed E-state index contributed by atoms with van der Waals surface area (Å²) in [4.78, 5) is 2.59. The SMILES string of the molecule is FC(F)(F)c1ccccc1C1CCN(C2CCC3CCC(C3)C2)CC1. The molecule has 2 bridgehead atoms. The minimum atomic E-state index is -4.24. The monoisotopic (exact) mass is 351 g/mol. The molecular formula is C21H28F3N. The summed E-state index contributed by atoms with van der Waals surface area (Å²) in [5, 5.41) is 0. The lowest BCUT2D eigenvalue weighted by Gasteiger charge is -2.39. The van der Waals surface area contributed by atoms with Crippen LogP contribution in [0.4, 0.5) is 13.2 Å². The number of rotatable bonds is 2. The van der Waals surface area contributed by atoms with Crippen molar-refractivity contribution in [3.63, 3.8) is 0 Å². The van der Waals surface area contributed by atoms with Gasteiger partial charge in [0.05, 0.1) is 5.56 Å². The number of piperidine rings is 1. The Kier molecular flexibility index (Phi) is 4.83. The van der Waals surface area contributed by atoms with E-state index in [9.17, 15) is 13.2 Å². The average Bonchev–Trinajstić information content (AvgIpc) is 2.93. The molecule has 0 N–H and O–H groups in total. The lowest BCUT2D eigenvalue weighted by Crippen LogP contribution is -2.41. The molecule has 1 nitrogen and oxygen atoms in total. The van der Waals surface area contributed by atoms with Crippen molar-refractivity contribution in [1.29, 1.82) is 0 Å². The Morgan fingerprint density at radius 3 is 2.24 bits per heavy atom. The first-order chi connectivity index (χ1) is 12.0. The molecule has 1 heterocycles. The minimum absolute atomic E-state index is 0.0521. The molecule has 0 amide bonds. The maximum absolute atomic E-state index is 13.3. The van der Waals surface area contributed by atoms with Gasteiger partial charge in [0.1, 0.15) is 0 Å². The first kappa shape index (κ1) is 17.4. The number of likely N-dealkylation sites (tertiary alicyclic amines) is 1. The zero-order valence-electron chi connectivity index (χ0n) is 14.8. The van der Waals surface area contributed by atoms with E-state index in [1.165, 1.54) is 50.7 Å². The molecule has 4 heteroatoms. The number of hydrogen-bond donors (Lipinski definition) is 0. The van der Waals surface area contributed by atoms with Crippen LogP contribution in [0.25, 0.3) is 0 Å². The van der Waals surface area contributed by atoms with Gasteiger partial charge in [0.15, 0.2) is 0 Å². The summed E-state index contributed by atoms with van der Waals surface area (Å²) in [6.45, 7) is 1.91. The van der Waals surface area contributed by atoms with E-state index in [-0.39, 0.29) is 5.92 Å². The van der Waals surface area contributed by atoms with Crippen LogP contribution in [0.3, 0.4) is 0 Å². The summed E-state index contributed by atoms with van der Waals surface area (Å²) in [5.41, 5.74) is 0.0785. The summed E-state index contributed by atoms with van der Waals surface area (Å²) in [5.74, 6) is 1.91. The van der Waals surface area contributed by atoms with Gasteiger partial charge in [-0.2, -0.15) is 13.2 Å². The topological polar surface area (TPSA) is 3.24 Å². The van der Waals surface area contributed by atoms with Gasteiger partial charge in [-0.25, -0.2) is 0 Å². The molecule has 25 heavy (non-hydrogen) atoms. The number of hydrogen-bond acceptors (Lipinski definition) is 1. The number of halogens is 3. The van der Waals surface area contributed by atoms with Crippen LogP contribution in [0, 0.1) is 11.8 Å². The molecule has 1 aromatic rings. The normalized spacial score (nSPS) is 31.9. The number of nitrogens with zero attached hydrogens (tertiary/aromatic N) is 1. The highest BCUT2D eigenvalue weighted by Gasteiger charge is 2.37. The summed E-state index contributed by atoms with van der Waals surface area (Å²) >= 11 is 0. The molecular weight excluding hydrogens is 323 g/mol. The van der Waals surface area contributed by atoms with E-state index >= 15 is 0 Å². The van der Waals surface area contributed by atoms with Crippen molar-refractivity contribution >= 4 is 0 Å². The van der Waals surface area contributed by atoms with Crippen LogP contribution in [-0.4, -0.2) is 24.0 Å². The fourth-order valence-corrected chi connectivity index (χ4v) is 5.60. The van der Waals surface area contributed by atoms with Gasteiger partial charge in [0.2, 0.25) is 0 Å². The molecule has 0 spiro atoms. The third kappa shape index (κ3) is 3.74. The first-order valence-corrected chi connectivity index (χ1v) is 9.91. The molecule has 138 valence electrons. The van der Waals surface area contributed by atoms with Crippen LogP contribution in [-0.2, 0) is 6.18 Å². The molecule has 3 fully saturated rings. The number of benzene rings is 1. The van der Waals surface area contributed by atoms with Crippen LogP contribution in [0.1, 0.15) is 68.4 Å². The molecule has 4 rings (SSSR count). The summed E-state index contributed by atoms with van der Waals surface area (Å²) in [7, 11) is 0. The van der Waals surface area contributed by atoms with Crippen molar-refractivity contribution in [2.24, 2.45) is 11.8 Å². The van der Waals surface area contributed by atoms with Crippen LogP contribution < -0.4 is 0 Å². The fourth-order valence-electron chi connectivity index (χ4n) is 5.60. The van der Waals surface area contributed by atoms with Gasteiger partial charge in [-0.3, -0.25) is 0 Å². The molecule has 3 aliphatic rings. The zero-order valence-corrected chi connectivity index (χ0v) is 14.8. The largest absolute Gasteiger partial charge is 0.416 e. The second-order valence-corrected chi connectivity index (χ2v) is 8.41. The highest BCUT2D eigenvalue weighted by molar-refractivity contribution is 5.33. The molecule has 1 aliphatic heterocycles. The highest BCUT2D eigenvalue weighted by atomic mass is 19.4. The predicted molar refractivity (Wildman–Crippen MR) is 93.5 cm³/mol. The van der Waals surface area contributed by atoms with Crippen molar-refractivity contribution in [1.82, 2.24) is 4.90 Å². The third-order valence-electron chi connectivity index (χ3n) is 6.92. The van der Waals surface area contributed by atoms with Crippen LogP contribution in [0.15, 0.2) is 24.3 Å². The first-order valence-electron chi connectivity index (χ1n) is 9.91. The van der Waals surface area contributed by atoms with Gasteiger partial charge in [0.25, 0.3) is 0 Å². The summed E-state index contributed by atoms with van der Waals surface area (Å²) < 4.78 is 39.9. The lowest BCUT2D eigenvalue weighted by molar-refractivity contribution is -0.138. The van der Waals surface area contributed by atoms with Crippen LogP contribution >= 0.6 is 0 Å². The Morgan fingerprint density at radius 1 is 0.800 bits per heavy atom. The van der Waals surface area contributed by atoms with Gasteiger partial charge in [-0.1, -0.05) is 31.0 Å². The van der Waals surface area contributed by atoms with E-state index < -0.39 is 11.7 Å². The van der Waals surface area contributed by atoms with E-state index in [0.29, 0.717) is 11.6 Å². The molecule has 1 aromatic carbocycles. The van der Waals surface area contributed by atoms with Gasteiger partial charge in [0, 0.05) is 6.04 Å². The Bertz CT molecular complexity index is 589. The summed E-state index contributed by atoms with van der Waals surface area (Å²) in [6, 6.07) is 6.85. The molecule has 3 unspecified atom stereocenters. The van der Waals surface area contributed by atoms with Crippen LogP contribution in [0.5, 0.6) is 0 Å². The Hall–Kier alpha value is -1.03. The van der Waals surface area contributed by atoms with Crippen molar-refractivity contribution in [2.45, 2.75) is 69.5 Å². The fraction of sp³-hybridized carbons (Fsp3) is 0.714. The van der Waals surface area contributed by atoms with Crippen LogP contribution in [0.2, 0.25) is 0 Å². The summed E-state index contributed by atoms with van der Waals surface area (Å²) in [6.07, 6.45) is 5.70. The van der Waals surface area contributed by atoms with Crippen molar-refractivity contribution in [2.75, 3.05) is 13.1 Å².